The van der Waals surface area contributed by atoms with Gasteiger partial charge >= 0.3 is 6.16 Å². The lowest BCUT2D eigenvalue weighted by atomic mass is 9.92. The standard InChI is InChI=1S/C16H24O4/c1-4-7-8-9-11-10-14(20-16(18)19)15(17)13(6-3)12(11)5-2/h10,17H,4-9H2,1-3H3,(H,18,19). The van der Waals surface area contributed by atoms with Crippen molar-refractivity contribution in [3.05, 3.63) is 22.8 Å². The number of phenolic OH excluding ortho intramolecular Hbond substituents is 1. The predicted octanol–water partition coefficient (Wildman–Crippen LogP) is 4.31. The van der Waals surface area contributed by atoms with Crippen LogP contribution >= 0.6 is 0 Å². The first-order valence-corrected chi connectivity index (χ1v) is 7.32. The molecule has 0 radical (unpaired) electrons. The van der Waals surface area contributed by atoms with Crippen LogP contribution in [-0.2, 0) is 19.3 Å². The van der Waals surface area contributed by atoms with Crippen LogP contribution < -0.4 is 4.74 Å². The zero-order chi connectivity index (χ0) is 15.1. The van der Waals surface area contributed by atoms with Crippen molar-refractivity contribution in [2.45, 2.75) is 59.3 Å². The molecule has 0 saturated carbocycles. The number of unbranched alkanes of at least 4 members (excludes halogenated alkanes) is 2. The maximum absolute atomic E-state index is 10.7. The van der Waals surface area contributed by atoms with Gasteiger partial charge in [0.1, 0.15) is 0 Å². The van der Waals surface area contributed by atoms with E-state index in [1.807, 2.05) is 6.92 Å². The van der Waals surface area contributed by atoms with Gasteiger partial charge in [-0.15, -0.1) is 0 Å². The molecule has 0 atom stereocenters. The summed E-state index contributed by atoms with van der Waals surface area (Å²) in [4.78, 5) is 10.7. The van der Waals surface area contributed by atoms with E-state index in [1.54, 1.807) is 6.07 Å². The van der Waals surface area contributed by atoms with Gasteiger partial charge in [0.15, 0.2) is 11.5 Å². The van der Waals surface area contributed by atoms with Gasteiger partial charge in [0.25, 0.3) is 0 Å². The van der Waals surface area contributed by atoms with E-state index in [9.17, 15) is 9.90 Å². The number of phenols is 1. The Balaban J connectivity index is 3.21. The maximum Gasteiger partial charge on any atom is 0.511 e. The first-order chi connectivity index (χ1) is 9.54. The van der Waals surface area contributed by atoms with Gasteiger partial charge in [-0.1, -0.05) is 33.6 Å². The molecule has 2 N–H and O–H groups in total. The predicted molar refractivity (Wildman–Crippen MR) is 78.7 cm³/mol. The van der Waals surface area contributed by atoms with Crippen molar-refractivity contribution >= 4 is 6.16 Å². The van der Waals surface area contributed by atoms with Crippen LogP contribution in [0.1, 0.15) is 56.7 Å². The summed E-state index contributed by atoms with van der Waals surface area (Å²) in [5, 5.41) is 18.9. The van der Waals surface area contributed by atoms with Crippen LogP contribution in [0.4, 0.5) is 4.79 Å². The molecule has 0 amide bonds. The van der Waals surface area contributed by atoms with Crippen LogP contribution in [0.25, 0.3) is 0 Å². The molecule has 1 aromatic carbocycles. The van der Waals surface area contributed by atoms with E-state index in [0.717, 1.165) is 48.8 Å². The van der Waals surface area contributed by atoms with Crippen LogP contribution in [-0.4, -0.2) is 16.4 Å². The summed E-state index contributed by atoms with van der Waals surface area (Å²) in [6.45, 7) is 6.15. The summed E-state index contributed by atoms with van der Waals surface area (Å²) in [7, 11) is 0. The topological polar surface area (TPSA) is 66.8 Å². The van der Waals surface area contributed by atoms with Crippen molar-refractivity contribution in [2.75, 3.05) is 0 Å². The molecule has 0 saturated heterocycles. The molecule has 0 spiro atoms. The second-order valence-electron chi connectivity index (χ2n) is 4.87. The normalized spacial score (nSPS) is 10.6. The highest BCUT2D eigenvalue weighted by atomic mass is 16.7. The molecule has 0 aromatic heterocycles. The molecule has 0 aliphatic carbocycles. The summed E-state index contributed by atoms with van der Waals surface area (Å²) in [5.41, 5.74) is 3.02. The van der Waals surface area contributed by atoms with Gasteiger partial charge in [0.2, 0.25) is 0 Å². The van der Waals surface area contributed by atoms with Crippen LogP contribution in [0.15, 0.2) is 6.07 Å². The molecule has 0 heterocycles. The monoisotopic (exact) mass is 280 g/mol. The molecular formula is C16H24O4. The largest absolute Gasteiger partial charge is 0.511 e. The van der Waals surface area contributed by atoms with E-state index in [2.05, 4.69) is 13.8 Å². The number of hydrogen-bond acceptors (Lipinski definition) is 3. The minimum Gasteiger partial charge on any atom is -0.504 e. The molecule has 0 aliphatic heterocycles. The Kier molecular flexibility index (Phi) is 6.36. The average molecular weight is 280 g/mol. The lowest BCUT2D eigenvalue weighted by Gasteiger charge is -2.17. The number of aromatic hydroxyl groups is 1. The first kappa shape index (κ1) is 16.3. The fraction of sp³-hybridized carbons (Fsp3) is 0.562. The molecule has 0 unspecified atom stereocenters. The number of rotatable bonds is 7. The van der Waals surface area contributed by atoms with Gasteiger partial charge in [-0.3, -0.25) is 0 Å². The van der Waals surface area contributed by atoms with Gasteiger partial charge in [-0.25, -0.2) is 4.79 Å². The molecule has 112 valence electrons. The van der Waals surface area contributed by atoms with Gasteiger partial charge in [-0.05, 0) is 42.9 Å². The summed E-state index contributed by atoms with van der Waals surface area (Å²) < 4.78 is 4.70. The highest BCUT2D eigenvalue weighted by Crippen LogP contribution is 2.36. The Bertz CT molecular complexity index is 466. The Morgan fingerprint density at radius 2 is 1.80 bits per heavy atom. The number of carboxylic acid groups (broad SMARTS) is 1. The highest BCUT2D eigenvalue weighted by Gasteiger charge is 2.18. The molecule has 0 aliphatic rings. The number of hydrogen-bond donors (Lipinski definition) is 2. The number of carbonyl (C=O) groups is 1. The number of ether oxygens (including phenoxy) is 1. The summed E-state index contributed by atoms with van der Waals surface area (Å²) in [6.07, 6.45) is 4.31. The molecule has 20 heavy (non-hydrogen) atoms. The highest BCUT2D eigenvalue weighted by molar-refractivity contribution is 5.65. The fourth-order valence-corrected chi connectivity index (χ4v) is 2.58. The third kappa shape index (κ3) is 3.89. The van der Waals surface area contributed by atoms with E-state index in [0.29, 0.717) is 6.42 Å². The summed E-state index contributed by atoms with van der Waals surface area (Å²) in [6, 6.07) is 1.68. The van der Waals surface area contributed by atoms with Crippen LogP contribution in [0.3, 0.4) is 0 Å². The number of benzene rings is 1. The fourth-order valence-electron chi connectivity index (χ4n) is 2.58. The molecule has 0 bridgehead atoms. The van der Waals surface area contributed by atoms with Crippen molar-refractivity contribution in [2.24, 2.45) is 0 Å². The van der Waals surface area contributed by atoms with Gasteiger partial charge in [-0.2, -0.15) is 0 Å². The second kappa shape index (κ2) is 7.78. The number of aryl methyl sites for hydroxylation is 1. The van der Waals surface area contributed by atoms with E-state index in [4.69, 9.17) is 9.84 Å². The SMILES string of the molecule is CCCCCc1cc(OC(=O)O)c(O)c(CC)c1CC. The van der Waals surface area contributed by atoms with E-state index < -0.39 is 6.16 Å². The van der Waals surface area contributed by atoms with Crippen LogP contribution in [0, 0.1) is 0 Å². The Morgan fingerprint density at radius 1 is 1.15 bits per heavy atom. The van der Waals surface area contributed by atoms with Crippen molar-refractivity contribution in [1.82, 2.24) is 0 Å². The zero-order valence-corrected chi connectivity index (χ0v) is 12.5. The first-order valence-electron chi connectivity index (χ1n) is 7.32. The van der Waals surface area contributed by atoms with Gasteiger partial charge in [0, 0.05) is 5.56 Å². The summed E-state index contributed by atoms with van der Waals surface area (Å²) in [5.74, 6) is 0.0176. The van der Waals surface area contributed by atoms with Crippen molar-refractivity contribution in [3.8, 4) is 11.5 Å². The second-order valence-corrected chi connectivity index (χ2v) is 4.87. The van der Waals surface area contributed by atoms with E-state index in [1.165, 1.54) is 0 Å². The van der Waals surface area contributed by atoms with Crippen LogP contribution in [0.2, 0.25) is 0 Å². The Labute approximate surface area is 120 Å². The van der Waals surface area contributed by atoms with Crippen LogP contribution in [0.5, 0.6) is 11.5 Å². The quantitative estimate of drug-likeness (QED) is 0.444. The molecule has 1 aromatic rings. The Hall–Kier alpha value is -1.71. The van der Waals surface area contributed by atoms with E-state index in [-0.39, 0.29) is 11.5 Å². The smallest absolute Gasteiger partial charge is 0.504 e. The lowest BCUT2D eigenvalue weighted by molar-refractivity contribution is 0.142. The van der Waals surface area contributed by atoms with Crippen molar-refractivity contribution < 1.29 is 19.7 Å². The Morgan fingerprint density at radius 3 is 2.30 bits per heavy atom. The molecular weight excluding hydrogens is 256 g/mol. The summed E-state index contributed by atoms with van der Waals surface area (Å²) >= 11 is 0. The molecule has 4 nitrogen and oxygen atoms in total. The van der Waals surface area contributed by atoms with E-state index >= 15 is 0 Å². The molecule has 4 heteroatoms. The third-order valence-corrected chi connectivity index (χ3v) is 3.53. The lowest BCUT2D eigenvalue weighted by Crippen LogP contribution is -2.07. The van der Waals surface area contributed by atoms with Gasteiger partial charge in [0.05, 0.1) is 0 Å². The minimum absolute atomic E-state index is 0.0361. The zero-order valence-electron chi connectivity index (χ0n) is 12.5. The van der Waals surface area contributed by atoms with Gasteiger partial charge < -0.3 is 14.9 Å². The van der Waals surface area contributed by atoms with Crippen molar-refractivity contribution in [3.63, 3.8) is 0 Å². The molecule has 0 fully saturated rings. The van der Waals surface area contributed by atoms with Crippen molar-refractivity contribution in [1.29, 1.82) is 0 Å². The molecule has 1 rings (SSSR count). The minimum atomic E-state index is -1.40. The third-order valence-electron chi connectivity index (χ3n) is 3.53. The maximum atomic E-state index is 10.7. The average Bonchev–Trinajstić information content (AvgIpc) is 2.41.